The molecule has 0 aliphatic carbocycles. The van der Waals surface area contributed by atoms with E-state index in [1.165, 1.54) is 5.56 Å². The van der Waals surface area contributed by atoms with Crippen molar-refractivity contribution in [1.29, 1.82) is 0 Å². The van der Waals surface area contributed by atoms with Crippen LogP contribution in [0.4, 0.5) is 5.69 Å². The van der Waals surface area contributed by atoms with Crippen LogP contribution in [0.2, 0.25) is 0 Å². The molecular weight excluding hydrogens is 238 g/mol. The highest BCUT2D eigenvalue weighted by Gasteiger charge is 2.04. The minimum Gasteiger partial charge on any atom is -0.493 e. The summed E-state index contributed by atoms with van der Waals surface area (Å²) in [5.41, 5.74) is 3.52. The molecule has 3 heteroatoms. The number of hydrogen-bond acceptors (Lipinski definition) is 3. The van der Waals surface area contributed by atoms with E-state index in [2.05, 4.69) is 30.4 Å². The summed E-state index contributed by atoms with van der Waals surface area (Å²) in [5.74, 6) is 1.51. The van der Waals surface area contributed by atoms with Gasteiger partial charge in [0.1, 0.15) is 0 Å². The molecule has 0 saturated heterocycles. The lowest BCUT2D eigenvalue weighted by atomic mass is 10.2. The molecular formula is C16H19NO2. The van der Waals surface area contributed by atoms with Gasteiger partial charge in [0.15, 0.2) is 11.5 Å². The molecule has 100 valence electrons. The average Bonchev–Trinajstić information content (AvgIpc) is 2.45. The predicted octanol–water partition coefficient (Wildman–Crippen LogP) is 3.62. The van der Waals surface area contributed by atoms with Gasteiger partial charge >= 0.3 is 0 Å². The molecule has 2 aromatic rings. The number of rotatable bonds is 5. The van der Waals surface area contributed by atoms with Crippen LogP contribution < -0.4 is 14.8 Å². The number of aryl methyl sites for hydroxylation is 1. The van der Waals surface area contributed by atoms with Gasteiger partial charge in [-0.15, -0.1) is 0 Å². The highest BCUT2D eigenvalue weighted by molar-refractivity contribution is 5.48. The monoisotopic (exact) mass is 257 g/mol. The van der Waals surface area contributed by atoms with Crippen LogP contribution in [0, 0.1) is 6.92 Å². The summed E-state index contributed by atoms with van der Waals surface area (Å²) in [5, 5.41) is 3.39. The van der Waals surface area contributed by atoms with Gasteiger partial charge in [0.2, 0.25) is 0 Å². The maximum atomic E-state index is 5.30. The fraction of sp³-hybridized carbons (Fsp3) is 0.250. The van der Waals surface area contributed by atoms with Crippen molar-refractivity contribution in [3.63, 3.8) is 0 Å². The number of anilines is 1. The Morgan fingerprint density at radius 3 is 2.42 bits per heavy atom. The van der Waals surface area contributed by atoms with Crippen LogP contribution >= 0.6 is 0 Å². The predicted molar refractivity (Wildman–Crippen MR) is 78.1 cm³/mol. The van der Waals surface area contributed by atoms with Crippen LogP contribution in [0.3, 0.4) is 0 Å². The van der Waals surface area contributed by atoms with Crippen LogP contribution in [0.15, 0.2) is 42.5 Å². The van der Waals surface area contributed by atoms with Crippen LogP contribution in [0.25, 0.3) is 0 Å². The minimum atomic E-state index is 0.752. The van der Waals surface area contributed by atoms with Crippen molar-refractivity contribution in [2.45, 2.75) is 13.5 Å². The topological polar surface area (TPSA) is 30.5 Å². The molecule has 0 fully saturated rings. The zero-order chi connectivity index (χ0) is 13.7. The smallest absolute Gasteiger partial charge is 0.161 e. The van der Waals surface area contributed by atoms with Crippen molar-refractivity contribution in [2.24, 2.45) is 0 Å². The summed E-state index contributed by atoms with van der Waals surface area (Å²) in [6.07, 6.45) is 0. The maximum Gasteiger partial charge on any atom is 0.161 e. The maximum absolute atomic E-state index is 5.30. The summed E-state index contributed by atoms with van der Waals surface area (Å²) < 4.78 is 10.5. The first kappa shape index (κ1) is 13.3. The molecule has 2 rings (SSSR count). The number of nitrogens with one attached hydrogen (secondary N) is 1. The van der Waals surface area contributed by atoms with Crippen molar-refractivity contribution >= 4 is 5.69 Å². The van der Waals surface area contributed by atoms with Gasteiger partial charge in [0.25, 0.3) is 0 Å². The van der Waals surface area contributed by atoms with E-state index in [-0.39, 0.29) is 0 Å². The third kappa shape index (κ3) is 3.41. The molecule has 3 nitrogen and oxygen atoms in total. The number of benzene rings is 2. The largest absolute Gasteiger partial charge is 0.493 e. The van der Waals surface area contributed by atoms with Crippen LogP contribution in [0.1, 0.15) is 11.1 Å². The fourth-order valence-corrected chi connectivity index (χ4v) is 1.95. The lowest BCUT2D eigenvalue weighted by Gasteiger charge is -2.11. The Bertz CT molecular complexity index is 552. The van der Waals surface area contributed by atoms with Gasteiger partial charge in [-0.25, -0.2) is 0 Å². The van der Waals surface area contributed by atoms with E-state index in [0.29, 0.717) is 0 Å². The summed E-state index contributed by atoms with van der Waals surface area (Å²) >= 11 is 0. The normalized spacial score (nSPS) is 10.1. The van der Waals surface area contributed by atoms with Crippen LogP contribution in [-0.4, -0.2) is 14.2 Å². The standard InChI is InChI=1S/C16H19NO2/c1-12-5-4-6-14(9-12)17-11-13-7-8-15(18-2)16(10-13)19-3/h4-10,17H,11H2,1-3H3. The van der Waals surface area contributed by atoms with E-state index in [9.17, 15) is 0 Å². The van der Waals surface area contributed by atoms with E-state index in [4.69, 9.17) is 9.47 Å². The van der Waals surface area contributed by atoms with E-state index in [0.717, 1.165) is 29.3 Å². The molecule has 0 aliphatic heterocycles. The first-order valence-corrected chi connectivity index (χ1v) is 6.24. The lowest BCUT2D eigenvalue weighted by Crippen LogP contribution is -2.00. The first-order valence-electron chi connectivity index (χ1n) is 6.24. The molecule has 0 radical (unpaired) electrons. The molecule has 0 bridgehead atoms. The second-order valence-corrected chi connectivity index (χ2v) is 4.41. The fourth-order valence-electron chi connectivity index (χ4n) is 1.95. The molecule has 0 aliphatic rings. The van der Waals surface area contributed by atoms with Gasteiger partial charge in [0, 0.05) is 12.2 Å². The summed E-state index contributed by atoms with van der Waals surface area (Å²) in [4.78, 5) is 0. The van der Waals surface area contributed by atoms with Crippen LogP contribution in [-0.2, 0) is 6.54 Å². The molecule has 1 N–H and O–H groups in total. The molecule has 0 heterocycles. The van der Waals surface area contributed by atoms with Crippen molar-refractivity contribution in [3.8, 4) is 11.5 Å². The Hall–Kier alpha value is -2.16. The third-order valence-electron chi connectivity index (χ3n) is 2.96. The van der Waals surface area contributed by atoms with Crippen LogP contribution in [0.5, 0.6) is 11.5 Å². The number of hydrogen-bond donors (Lipinski definition) is 1. The lowest BCUT2D eigenvalue weighted by molar-refractivity contribution is 0.354. The zero-order valence-corrected chi connectivity index (χ0v) is 11.6. The van der Waals surface area contributed by atoms with E-state index in [1.54, 1.807) is 14.2 Å². The highest BCUT2D eigenvalue weighted by atomic mass is 16.5. The van der Waals surface area contributed by atoms with Gasteiger partial charge in [-0.05, 0) is 42.3 Å². The summed E-state index contributed by atoms with van der Waals surface area (Å²) in [6, 6.07) is 14.3. The highest BCUT2D eigenvalue weighted by Crippen LogP contribution is 2.27. The van der Waals surface area contributed by atoms with Gasteiger partial charge < -0.3 is 14.8 Å². The molecule has 0 spiro atoms. The quantitative estimate of drug-likeness (QED) is 0.887. The van der Waals surface area contributed by atoms with Gasteiger partial charge in [-0.1, -0.05) is 18.2 Å². The zero-order valence-electron chi connectivity index (χ0n) is 11.6. The second kappa shape index (κ2) is 6.14. The SMILES string of the molecule is COc1ccc(CNc2cccc(C)c2)cc1OC. The van der Waals surface area contributed by atoms with Gasteiger partial charge in [-0.3, -0.25) is 0 Å². The van der Waals surface area contributed by atoms with Gasteiger partial charge in [-0.2, -0.15) is 0 Å². The molecule has 2 aromatic carbocycles. The van der Waals surface area contributed by atoms with Crippen molar-refractivity contribution in [1.82, 2.24) is 0 Å². The number of ether oxygens (including phenoxy) is 2. The Kier molecular flexibility index (Phi) is 4.29. The van der Waals surface area contributed by atoms with Crippen molar-refractivity contribution in [2.75, 3.05) is 19.5 Å². The summed E-state index contributed by atoms with van der Waals surface area (Å²) in [6.45, 7) is 2.84. The number of methoxy groups -OCH3 is 2. The molecule has 0 atom stereocenters. The van der Waals surface area contributed by atoms with Crippen molar-refractivity contribution < 1.29 is 9.47 Å². The second-order valence-electron chi connectivity index (χ2n) is 4.41. The van der Waals surface area contributed by atoms with E-state index < -0.39 is 0 Å². The van der Waals surface area contributed by atoms with Gasteiger partial charge in [0.05, 0.1) is 14.2 Å². The Morgan fingerprint density at radius 2 is 1.74 bits per heavy atom. The Balaban J connectivity index is 2.07. The Morgan fingerprint density at radius 1 is 0.947 bits per heavy atom. The first-order chi connectivity index (χ1) is 9.22. The van der Waals surface area contributed by atoms with Crippen molar-refractivity contribution in [3.05, 3.63) is 53.6 Å². The third-order valence-corrected chi connectivity index (χ3v) is 2.96. The van der Waals surface area contributed by atoms with E-state index >= 15 is 0 Å². The minimum absolute atomic E-state index is 0.752. The molecule has 0 saturated carbocycles. The molecule has 0 unspecified atom stereocenters. The molecule has 19 heavy (non-hydrogen) atoms. The van der Waals surface area contributed by atoms with E-state index in [1.807, 2.05) is 24.3 Å². The molecule has 0 amide bonds. The molecule has 0 aromatic heterocycles. The summed E-state index contributed by atoms with van der Waals surface area (Å²) in [7, 11) is 3.29. The Labute approximate surface area is 114 Å². The average molecular weight is 257 g/mol.